The van der Waals surface area contributed by atoms with Crippen LogP contribution >= 0.6 is 0 Å². The first kappa shape index (κ1) is 17.2. The molecule has 0 radical (unpaired) electrons. The van der Waals surface area contributed by atoms with Gasteiger partial charge in [0.15, 0.2) is 11.6 Å². The van der Waals surface area contributed by atoms with E-state index in [9.17, 15) is 14.5 Å². The minimum Gasteiger partial charge on any atom is -0.294 e. The van der Waals surface area contributed by atoms with E-state index in [1.165, 1.54) is 12.2 Å². The van der Waals surface area contributed by atoms with Crippen molar-refractivity contribution in [2.45, 2.75) is 13.3 Å². The van der Waals surface area contributed by atoms with Crippen molar-refractivity contribution in [2.75, 3.05) is 0 Å². The molecule has 4 nitrogen and oxygen atoms in total. The normalized spacial score (nSPS) is 11.0. The smallest absolute Gasteiger partial charge is 0.163 e. The Kier molecular flexibility index (Phi) is 6.08. The summed E-state index contributed by atoms with van der Waals surface area (Å²) in [7, 11) is 0. The second-order valence-corrected chi connectivity index (χ2v) is 5.37. The van der Waals surface area contributed by atoms with Gasteiger partial charge in [0, 0.05) is 0 Å². The van der Waals surface area contributed by atoms with Gasteiger partial charge in [-0.15, -0.1) is 4.91 Å². The molecule has 2 aromatic carbocycles. The maximum atomic E-state index is 11.8. The largest absolute Gasteiger partial charge is 0.294 e. The Hall–Kier alpha value is -3.14. The van der Waals surface area contributed by atoms with Gasteiger partial charge in [0.1, 0.15) is 5.69 Å². The fourth-order valence-electron chi connectivity index (χ4n) is 1.99. The lowest BCUT2D eigenvalue weighted by molar-refractivity contribution is -0.121. The van der Waals surface area contributed by atoms with Gasteiger partial charge in [0.25, 0.3) is 0 Å². The minimum absolute atomic E-state index is 0.174. The van der Waals surface area contributed by atoms with Gasteiger partial charge in [-0.1, -0.05) is 54.1 Å². The SMILES string of the molecule is Cc1ccc(/C=C/C(=O)CC(=O)/C=C/c2ccc(N=O)cc2)cc1. The number of ketones is 2. The maximum Gasteiger partial charge on any atom is 0.163 e. The molecule has 0 heterocycles. The Morgan fingerprint density at radius 1 is 0.833 bits per heavy atom. The average molecular weight is 319 g/mol. The van der Waals surface area contributed by atoms with Gasteiger partial charge in [-0.3, -0.25) is 9.59 Å². The summed E-state index contributed by atoms with van der Waals surface area (Å²) in [5.74, 6) is -0.517. The molecule has 0 spiro atoms. The Morgan fingerprint density at radius 2 is 1.29 bits per heavy atom. The van der Waals surface area contributed by atoms with Crippen LogP contribution in [0.3, 0.4) is 0 Å². The number of carbonyl (C=O) groups is 2. The van der Waals surface area contributed by atoms with Crippen LogP contribution in [0.4, 0.5) is 5.69 Å². The van der Waals surface area contributed by atoms with Gasteiger partial charge < -0.3 is 0 Å². The Bertz CT molecular complexity index is 785. The molecule has 120 valence electrons. The Balaban J connectivity index is 1.88. The average Bonchev–Trinajstić information content (AvgIpc) is 2.60. The van der Waals surface area contributed by atoms with Crippen molar-refractivity contribution < 1.29 is 9.59 Å². The second-order valence-electron chi connectivity index (χ2n) is 5.37. The number of rotatable bonds is 7. The number of benzene rings is 2. The van der Waals surface area contributed by atoms with E-state index in [1.54, 1.807) is 36.4 Å². The van der Waals surface area contributed by atoms with Crippen LogP contribution < -0.4 is 0 Å². The highest BCUT2D eigenvalue weighted by Crippen LogP contribution is 2.13. The second kappa shape index (κ2) is 8.48. The lowest BCUT2D eigenvalue weighted by atomic mass is 10.1. The van der Waals surface area contributed by atoms with E-state index in [4.69, 9.17) is 0 Å². The fraction of sp³-hybridized carbons (Fsp3) is 0.100. The van der Waals surface area contributed by atoms with Crippen molar-refractivity contribution in [3.05, 3.63) is 82.3 Å². The summed E-state index contributed by atoms with van der Waals surface area (Å²) >= 11 is 0. The number of nitroso groups, excluding NO2 is 1. The summed E-state index contributed by atoms with van der Waals surface area (Å²) < 4.78 is 0. The molecular formula is C20H17NO3. The van der Waals surface area contributed by atoms with Crippen LogP contribution in [0.2, 0.25) is 0 Å². The van der Waals surface area contributed by atoms with E-state index >= 15 is 0 Å². The molecule has 0 saturated heterocycles. The van der Waals surface area contributed by atoms with Crippen molar-refractivity contribution in [1.82, 2.24) is 0 Å². The molecule has 24 heavy (non-hydrogen) atoms. The number of allylic oxidation sites excluding steroid dienone is 2. The summed E-state index contributed by atoms with van der Waals surface area (Å²) in [6, 6.07) is 14.2. The molecule has 0 bridgehead atoms. The lowest BCUT2D eigenvalue weighted by Crippen LogP contribution is -2.01. The third kappa shape index (κ3) is 5.57. The van der Waals surface area contributed by atoms with Gasteiger partial charge in [0.05, 0.1) is 6.42 Å². The predicted octanol–water partition coefficient (Wildman–Crippen LogP) is 4.65. The molecule has 0 atom stereocenters. The van der Waals surface area contributed by atoms with Crippen molar-refractivity contribution in [2.24, 2.45) is 5.18 Å². The molecule has 2 rings (SSSR count). The Morgan fingerprint density at radius 3 is 1.75 bits per heavy atom. The van der Waals surface area contributed by atoms with E-state index in [0.717, 1.165) is 16.7 Å². The lowest BCUT2D eigenvalue weighted by Gasteiger charge is -1.95. The van der Waals surface area contributed by atoms with Crippen molar-refractivity contribution >= 4 is 29.4 Å². The van der Waals surface area contributed by atoms with Gasteiger partial charge >= 0.3 is 0 Å². The number of aryl methyl sites for hydroxylation is 1. The van der Waals surface area contributed by atoms with Crippen LogP contribution in [-0.2, 0) is 9.59 Å². The number of hydrogen-bond donors (Lipinski definition) is 0. The van der Waals surface area contributed by atoms with Crippen LogP contribution in [0.15, 0.2) is 65.9 Å². The summed E-state index contributed by atoms with van der Waals surface area (Å²) in [5, 5.41) is 2.80. The summed E-state index contributed by atoms with van der Waals surface area (Å²) in [5.41, 5.74) is 3.16. The van der Waals surface area contributed by atoms with Crippen molar-refractivity contribution in [1.29, 1.82) is 0 Å². The molecule has 0 saturated carbocycles. The van der Waals surface area contributed by atoms with E-state index in [2.05, 4.69) is 5.18 Å². The first-order chi connectivity index (χ1) is 11.6. The van der Waals surface area contributed by atoms with Crippen molar-refractivity contribution in [3.63, 3.8) is 0 Å². The highest BCUT2D eigenvalue weighted by Gasteiger charge is 2.03. The number of nitrogens with zero attached hydrogens (tertiary/aromatic N) is 1. The molecule has 0 aliphatic carbocycles. The molecule has 0 N–H and O–H groups in total. The topological polar surface area (TPSA) is 63.6 Å². The van der Waals surface area contributed by atoms with E-state index < -0.39 is 0 Å². The first-order valence-corrected chi connectivity index (χ1v) is 7.49. The molecule has 0 aromatic heterocycles. The molecule has 0 unspecified atom stereocenters. The zero-order chi connectivity index (χ0) is 17.4. The quantitative estimate of drug-likeness (QED) is 0.424. The molecule has 0 fully saturated rings. The van der Waals surface area contributed by atoms with E-state index in [1.807, 2.05) is 31.2 Å². The predicted molar refractivity (Wildman–Crippen MR) is 95.8 cm³/mol. The fourth-order valence-corrected chi connectivity index (χ4v) is 1.99. The third-order valence-electron chi connectivity index (χ3n) is 3.35. The van der Waals surface area contributed by atoms with E-state index in [-0.39, 0.29) is 18.0 Å². The zero-order valence-corrected chi connectivity index (χ0v) is 13.3. The summed E-state index contributed by atoms with van der Waals surface area (Å²) in [6.45, 7) is 1.99. The molecule has 4 heteroatoms. The molecule has 0 aliphatic heterocycles. The highest BCUT2D eigenvalue weighted by molar-refractivity contribution is 6.10. The summed E-state index contributed by atoms with van der Waals surface area (Å²) in [4.78, 5) is 33.9. The van der Waals surface area contributed by atoms with E-state index in [0.29, 0.717) is 5.69 Å². The maximum absolute atomic E-state index is 11.8. The number of hydrogen-bond acceptors (Lipinski definition) is 4. The van der Waals surface area contributed by atoms with Crippen LogP contribution in [-0.4, -0.2) is 11.6 Å². The molecular weight excluding hydrogens is 302 g/mol. The Labute approximate surface area is 140 Å². The van der Waals surface area contributed by atoms with Crippen molar-refractivity contribution in [3.8, 4) is 0 Å². The van der Waals surface area contributed by atoms with Gasteiger partial charge in [0.2, 0.25) is 0 Å². The van der Waals surface area contributed by atoms with Gasteiger partial charge in [-0.25, -0.2) is 0 Å². The van der Waals surface area contributed by atoms with Gasteiger partial charge in [-0.05, 0) is 47.5 Å². The minimum atomic E-state index is -0.272. The summed E-state index contributed by atoms with van der Waals surface area (Å²) in [6.07, 6.45) is 5.91. The first-order valence-electron chi connectivity index (χ1n) is 7.49. The van der Waals surface area contributed by atoms with Crippen LogP contribution in [0.25, 0.3) is 12.2 Å². The monoisotopic (exact) mass is 319 g/mol. The van der Waals surface area contributed by atoms with Crippen LogP contribution in [0.5, 0.6) is 0 Å². The standard InChI is InChI=1S/C20H17NO3/c1-15-2-4-16(5-3-15)8-12-19(22)14-20(23)13-9-17-6-10-18(21-24)11-7-17/h2-13H,14H2,1H3/b12-8+,13-9+. The zero-order valence-electron chi connectivity index (χ0n) is 13.3. The number of carbonyl (C=O) groups excluding carboxylic acids is 2. The van der Waals surface area contributed by atoms with Crippen LogP contribution in [0, 0.1) is 11.8 Å². The molecule has 0 aliphatic rings. The molecule has 2 aromatic rings. The van der Waals surface area contributed by atoms with Gasteiger partial charge in [-0.2, -0.15) is 0 Å². The highest BCUT2D eigenvalue weighted by atomic mass is 16.3. The van der Waals surface area contributed by atoms with Crippen LogP contribution in [0.1, 0.15) is 23.1 Å². The molecule has 0 amide bonds. The third-order valence-corrected chi connectivity index (χ3v) is 3.35.